The van der Waals surface area contributed by atoms with Gasteiger partial charge in [0, 0.05) is 6.54 Å². The summed E-state index contributed by atoms with van der Waals surface area (Å²) < 4.78 is 30.0. The third kappa shape index (κ3) is 5.21. The van der Waals surface area contributed by atoms with Crippen LogP contribution in [-0.4, -0.2) is 41.9 Å². The molecule has 0 aliphatic carbocycles. The minimum absolute atomic E-state index is 0.130. The Bertz CT molecular complexity index is 1100. The van der Waals surface area contributed by atoms with E-state index in [0.29, 0.717) is 24.7 Å². The summed E-state index contributed by atoms with van der Waals surface area (Å²) in [5, 5.41) is 2.84. The lowest BCUT2D eigenvalue weighted by molar-refractivity contribution is -0.117. The predicted octanol–water partition coefficient (Wildman–Crippen LogP) is 3.49. The van der Waals surface area contributed by atoms with Gasteiger partial charge in [0.05, 0.1) is 15.9 Å². The summed E-state index contributed by atoms with van der Waals surface area (Å²) in [6.07, 6.45) is 3.16. The Morgan fingerprint density at radius 3 is 2.53 bits per heavy atom. The number of thioether (sulfide) groups is 1. The van der Waals surface area contributed by atoms with Crippen molar-refractivity contribution in [1.29, 1.82) is 0 Å². The number of aryl methyl sites for hydroxylation is 1. The first-order valence-electron chi connectivity index (χ1n) is 9.78. The summed E-state index contributed by atoms with van der Waals surface area (Å²) in [6, 6.07) is 14.8. The molecule has 1 heterocycles. The van der Waals surface area contributed by atoms with E-state index >= 15 is 0 Å². The molecule has 0 unspecified atom stereocenters. The zero-order valence-corrected chi connectivity index (χ0v) is 18.7. The zero-order chi connectivity index (χ0) is 21.6. The van der Waals surface area contributed by atoms with E-state index in [1.54, 1.807) is 30.0 Å². The van der Waals surface area contributed by atoms with Crippen molar-refractivity contribution >= 4 is 44.7 Å². The number of carbonyl (C=O) groups excluding carboxylic acids is 1. The molecule has 0 saturated heterocycles. The fourth-order valence-electron chi connectivity index (χ4n) is 3.15. The molecule has 0 spiro atoms. The minimum Gasteiger partial charge on any atom is -0.310 e. The van der Waals surface area contributed by atoms with Crippen LogP contribution in [0.4, 0.5) is 5.95 Å². The Kier molecular flexibility index (Phi) is 7.52. The lowest BCUT2D eigenvalue weighted by Gasteiger charge is -2.18. The smallest absolute Gasteiger partial charge is 0.244 e. The van der Waals surface area contributed by atoms with Crippen molar-refractivity contribution in [2.75, 3.05) is 17.3 Å². The third-order valence-corrected chi connectivity index (χ3v) is 6.75. The molecule has 0 fully saturated rings. The maximum Gasteiger partial charge on any atom is 0.244 e. The molecule has 0 saturated carbocycles. The topological polar surface area (TPSA) is 93.1 Å². The molecule has 0 aliphatic rings. The van der Waals surface area contributed by atoms with Gasteiger partial charge in [0.25, 0.3) is 0 Å². The highest BCUT2D eigenvalue weighted by Gasteiger charge is 2.26. The van der Waals surface area contributed by atoms with Crippen molar-refractivity contribution in [2.24, 2.45) is 0 Å². The number of sulfonamides is 1. The maximum absolute atomic E-state index is 13.1. The summed E-state index contributed by atoms with van der Waals surface area (Å²) in [6.45, 7) is 2.75. The van der Waals surface area contributed by atoms with Gasteiger partial charge in [-0.15, -0.1) is 0 Å². The number of nitrogens with zero attached hydrogens (tertiary/aromatic N) is 2. The predicted molar refractivity (Wildman–Crippen MR) is 122 cm³/mol. The van der Waals surface area contributed by atoms with Crippen LogP contribution in [0, 0.1) is 0 Å². The van der Waals surface area contributed by atoms with Crippen LogP contribution in [0.1, 0.15) is 19.8 Å². The summed E-state index contributed by atoms with van der Waals surface area (Å²) in [5.41, 5.74) is 1.71. The van der Waals surface area contributed by atoms with E-state index < -0.39 is 22.0 Å². The van der Waals surface area contributed by atoms with Gasteiger partial charge in [-0.3, -0.25) is 10.1 Å². The van der Waals surface area contributed by atoms with Gasteiger partial charge in [-0.05, 0) is 49.1 Å². The quantitative estimate of drug-likeness (QED) is 0.497. The van der Waals surface area contributed by atoms with Crippen LogP contribution in [0.15, 0.2) is 59.5 Å². The highest BCUT2D eigenvalue weighted by atomic mass is 32.2. The van der Waals surface area contributed by atoms with Gasteiger partial charge in [-0.2, -0.15) is 16.5 Å². The molecule has 1 aromatic heterocycles. The van der Waals surface area contributed by atoms with Crippen LogP contribution in [0.25, 0.3) is 11.0 Å². The molecule has 30 heavy (non-hydrogen) atoms. The van der Waals surface area contributed by atoms with Gasteiger partial charge in [-0.25, -0.2) is 13.4 Å². The first kappa shape index (κ1) is 22.3. The molecule has 0 bridgehead atoms. The van der Waals surface area contributed by atoms with Crippen molar-refractivity contribution in [3.05, 3.63) is 54.6 Å². The molecule has 1 amide bonds. The summed E-state index contributed by atoms with van der Waals surface area (Å²) >= 11 is 1.55. The fraction of sp³-hybridized carbons (Fsp3) is 0.333. The number of hydrogen-bond acceptors (Lipinski definition) is 5. The van der Waals surface area contributed by atoms with Crippen LogP contribution in [-0.2, 0) is 21.4 Å². The average Bonchev–Trinajstić information content (AvgIpc) is 3.09. The normalized spacial score (nSPS) is 12.7. The second-order valence-electron chi connectivity index (χ2n) is 6.83. The molecule has 7 nitrogen and oxygen atoms in total. The van der Waals surface area contributed by atoms with Crippen LogP contribution in [0.2, 0.25) is 0 Å². The molecular formula is C21H26N4O3S2. The van der Waals surface area contributed by atoms with Gasteiger partial charge in [0.2, 0.25) is 21.9 Å². The van der Waals surface area contributed by atoms with E-state index in [2.05, 4.69) is 21.9 Å². The number of hydrogen-bond donors (Lipinski definition) is 2. The van der Waals surface area contributed by atoms with E-state index in [1.165, 1.54) is 12.1 Å². The number of amides is 1. The third-order valence-electron chi connectivity index (χ3n) is 4.61. The number of aromatic nitrogens is 2. The Morgan fingerprint density at radius 1 is 1.13 bits per heavy atom. The number of fused-ring (bicyclic) bond motifs is 1. The number of anilines is 1. The molecule has 1 atom stereocenters. The first-order valence-corrected chi connectivity index (χ1v) is 12.7. The number of rotatable bonds is 10. The zero-order valence-electron chi connectivity index (χ0n) is 17.0. The number of nitrogens with one attached hydrogen (secondary N) is 2. The largest absolute Gasteiger partial charge is 0.310 e. The van der Waals surface area contributed by atoms with Gasteiger partial charge in [-0.1, -0.05) is 37.3 Å². The Morgan fingerprint density at radius 2 is 1.83 bits per heavy atom. The molecule has 2 N–H and O–H groups in total. The molecule has 0 radical (unpaired) electrons. The van der Waals surface area contributed by atoms with Crippen molar-refractivity contribution in [3.8, 4) is 0 Å². The molecule has 2 aromatic carbocycles. The van der Waals surface area contributed by atoms with Crippen LogP contribution < -0.4 is 10.0 Å². The van der Waals surface area contributed by atoms with Crippen LogP contribution in [0.3, 0.4) is 0 Å². The van der Waals surface area contributed by atoms with E-state index in [4.69, 9.17) is 0 Å². The number of imidazole rings is 1. The number of benzene rings is 2. The van der Waals surface area contributed by atoms with Crippen LogP contribution >= 0.6 is 11.8 Å². The van der Waals surface area contributed by atoms with E-state index in [9.17, 15) is 13.2 Å². The molecule has 160 valence electrons. The second-order valence-corrected chi connectivity index (χ2v) is 9.53. The van der Waals surface area contributed by atoms with Gasteiger partial charge in [0.15, 0.2) is 0 Å². The van der Waals surface area contributed by atoms with Crippen molar-refractivity contribution in [3.63, 3.8) is 0 Å². The SMILES string of the molecule is CCCn1c(NC(=O)[C@H](CCSC)NS(=O)(=O)c2ccccc2)nc2ccccc21. The van der Waals surface area contributed by atoms with E-state index in [-0.39, 0.29) is 4.90 Å². The summed E-state index contributed by atoms with van der Waals surface area (Å²) in [4.78, 5) is 17.7. The van der Waals surface area contributed by atoms with Crippen molar-refractivity contribution < 1.29 is 13.2 Å². The minimum atomic E-state index is -3.82. The maximum atomic E-state index is 13.1. The molecular weight excluding hydrogens is 420 g/mol. The van der Waals surface area contributed by atoms with E-state index in [0.717, 1.165) is 17.5 Å². The van der Waals surface area contributed by atoms with Crippen molar-refractivity contribution in [2.45, 2.75) is 37.2 Å². The molecule has 0 aliphatic heterocycles. The summed E-state index contributed by atoms with van der Waals surface area (Å²) in [5.74, 6) is 0.646. The van der Waals surface area contributed by atoms with E-state index in [1.807, 2.05) is 35.1 Å². The Hall–Kier alpha value is -2.36. The molecule has 3 aromatic rings. The number of para-hydroxylation sites is 2. The second kappa shape index (κ2) is 10.1. The average molecular weight is 447 g/mol. The highest BCUT2D eigenvalue weighted by molar-refractivity contribution is 7.98. The first-order chi connectivity index (χ1) is 14.5. The Balaban J connectivity index is 1.86. The Labute approximate surface area is 181 Å². The monoisotopic (exact) mass is 446 g/mol. The van der Waals surface area contributed by atoms with Gasteiger partial charge in [0.1, 0.15) is 6.04 Å². The lowest BCUT2D eigenvalue weighted by Crippen LogP contribution is -2.44. The standard InChI is InChI=1S/C21H26N4O3S2/c1-3-14-25-19-12-8-7-11-17(19)22-21(25)23-20(26)18(13-15-29-2)24-30(27,28)16-9-5-4-6-10-16/h4-12,18,24H,3,13-15H2,1-2H3,(H,22,23,26)/t18-/m0/s1. The molecule has 9 heteroatoms. The van der Waals surface area contributed by atoms with Gasteiger partial charge < -0.3 is 4.57 Å². The lowest BCUT2D eigenvalue weighted by atomic mass is 10.2. The van der Waals surface area contributed by atoms with Crippen LogP contribution in [0.5, 0.6) is 0 Å². The molecule has 3 rings (SSSR count). The highest BCUT2D eigenvalue weighted by Crippen LogP contribution is 2.21. The van der Waals surface area contributed by atoms with Crippen molar-refractivity contribution in [1.82, 2.24) is 14.3 Å². The number of carbonyl (C=O) groups is 1. The fourth-order valence-corrected chi connectivity index (χ4v) is 4.87. The van der Waals surface area contributed by atoms with Gasteiger partial charge >= 0.3 is 0 Å². The summed E-state index contributed by atoms with van der Waals surface area (Å²) in [7, 11) is -3.82.